The first-order valence-corrected chi connectivity index (χ1v) is 13.9. The molecule has 0 bridgehead atoms. The molecule has 2 aliphatic carbocycles. The minimum Gasteiger partial charge on any atom is -0.387 e. The van der Waals surface area contributed by atoms with Gasteiger partial charge in [-0.05, 0) is 37.7 Å². The molecule has 1 unspecified atom stereocenters. The van der Waals surface area contributed by atoms with E-state index in [-0.39, 0.29) is 56.3 Å². The first-order chi connectivity index (χ1) is 18.8. The maximum absolute atomic E-state index is 13.4. The van der Waals surface area contributed by atoms with Crippen LogP contribution in [0.15, 0.2) is 47.4 Å². The minimum absolute atomic E-state index is 0.0315. The molecule has 40 heavy (non-hydrogen) atoms. The summed E-state index contributed by atoms with van der Waals surface area (Å²) in [5.74, 6) is -2.59. The number of carbonyl (C=O) groups is 2. The number of rotatable bonds is 5. The van der Waals surface area contributed by atoms with Gasteiger partial charge in [-0.1, -0.05) is 43.2 Å². The third-order valence-electron chi connectivity index (χ3n) is 9.38. The molecule has 2 saturated carbocycles. The molecule has 7 nitrogen and oxygen atoms in total. The van der Waals surface area contributed by atoms with E-state index in [0.29, 0.717) is 24.0 Å². The predicted octanol–water partition coefficient (Wildman–Crippen LogP) is 4.33. The van der Waals surface area contributed by atoms with E-state index in [1.54, 1.807) is 19.0 Å². The summed E-state index contributed by atoms with van der Waals surface area (Å²) in [7, 11) is 3.28. The van der Waals surface area contributed by atoms with Crippen LogP contribution in [0.1, 0.15) is 55.3 Å². The largest absolute Gasteiger partial charge is 0.391 e. The summed E-state index contributed by atoms with van der Waals surface area (Å²) in [6.07, 6.45) is 0.125. The summed E-state index contributed by atoms with van der Waals surface area (Å²) in [4.78, 5) is 42.8. The van der Waals surface area contributed by atoms with Crippen LogP contribution >= 0.6 is 0 Å². The zero-order chi connectivity index (χ0) is 28.9. The molecule has 10 heteroatoms. The van der Waals surface area contributed by atoms with E-state index >= 15 is 0 Å². The molecular weight excluding hydrogens is 523 g/mol. The van der Waals surface area contributed by atoms with Crippen molar-refractivity contribution in [1.29, 1.82) is 0 Å². The Labute approximate surface area is 231 Å². The summed E-state index contributed by atoms with van der Waals surface area (Å²) in [5, 5.41) is 12.1. The highest BCUT2D eigenvalue weighted by Gasteiger charge is 2.57. The lowest BCUT2D eigenvalue weighted by molar-refractivity contribution is -0.208. The van der Waals surface area contributed by atoms with E-state index in [1.807, 2.05) is 30.3 Å². The summed E-state index contributed by atoms with van der Waals surface area (Å²) >= 11 is 0. The predicted molar refractivity (Wildman–Crippen MR) is 143 cm³/mol. The van der Waals surface area contributed by atoms with Crippen LogP contribution in [0, 0.1) is 17.3 Å². The van der Waals surface area contributed by atoms with E-state index in [9.17, 15) is 32.7 Å². The van der Waals surface area contributed by atoms with Gasteiger partial charge >= 0.3 is 6.18 Å². The van der Waals surface area contributed by atoms with E-state index in [0.717, 1.165) is 18.4 Å². The minimum atomic E-state index is -4.28. The topological polar surface area (TPSA) is 82.8 Å². The van der Waals surface area contributed by atoms with Crippen molar-refractivity contribution in [3.05, 3.63) is 58.5 Å². The fourth-order valence-electron chi connectivity index (χ4n) is 6.88. The molecule has 3 aliphatic rings. The third kappa shape index (κ3) is 5.06. The van der Waals surface area contributed by atoms with Crippen molar-refractivity contribution in [2.75, 3.05) is 27.2 Å². The molecule has 1 aromatic carbocycles. The van der Waals surface area contributed by atoms with Crippen LogP contribution < -0.4 is 5.56 Å². The number of halogens is 3. The number of piperidine rings is 1. The highest BCUT2D eigenvalue weighted by molar-refractivity contribution is 6.00. The van der Waals surface area contributed by atoms with Crippen LogP contribution in [0.5, 0.6) is 0 Å². The third-order valence-corrected chi connectivity index (χ3v) is 9.38. The number of pyridine rings is 1. The fourth-order valence-corrected chi connectivity index (χ4v) is 6.88. The van der Waals surface area contributed by atoms with Crippen molar-refractivity contribution in [1.82, 2.24) is 14.4 Å². The van der Waals surface area contributed by atoms with Gasteiger partial charge in [-0.3, -0.25) is 14.4 Å². The van der Waals surface area contributed by atoms with Gasteiger partial charge in [0.05, 0.1) is 23.6 Å². The van der Waals surface area contributed by atoms with Gasteiger partial charge in [0.2, 0.25) is 5.91 Å². The standard InChI is InChI=1S/C30H36F3N3O4/c1-34(2)27(39)24-17-36(25(37)16-23(24)20-8-4-3-5-9-20)19-29(40)12-13-35(18-28(29)10-6-7-11-28)26(38)21-14-22(15-21)30(31,32)33/h3-5,8-9,16-17,21-22,40H,6-7,10-15,18-19H2,1-2H3. The number of carbonyl (C=O) groups excluding carboxylic acids is 2. The molecule has 2 heterocycles. The van der Waals surface area contributed by atoms with Gasteiger partial charge in [-0.25, -0.2) is 0 Å². The van der Waals surface area contributed by atoms with Crippen LogP contribution in [-0.2, 0) is 11.3 Å². The monoisotopic (exact) mass is 559 g/mol. The Morgan fingerprint density at radius 2 is 1.73 bits per heavy atom. The van der Waals surface area contributed by atoms with Crippen molar-refractivity contribution in [2.45, 2.75) is 63.3 Å². The molecule has 1 saturated heterocycles. The molecule has 1 N–H and O–H groups in total. The maximum Gasteiger partial charge on any atom is 0.391 e. The van der Waals surface area contributed by atoms with Crippen molar-refractivity contribution in [2.24, 2.45) is 17.3 Å². The van der Waals surface area contributed by atoms with E-state index in [1.165, 1.54) is 21.7 Å². The summed E-state index contributed by atoms with van der Waals surface area (Å²) in [6, 6.07) is 10.6. The maximum atomic E-state index is 13.4. The lowest BCUT2D eigenvalue weighted by atomic mass is 9.65. The summed E-state index contributed by atoms with van der Waals surface area (Å²) in [6.45, 7) is 0.441. The second kappa shape index (κ2) is 10.4. The van der Waals surface area contributed by atoms with Gasteiger partial charge in [0.1, 0.15) is 0 Å². The van der Waals surface area contributed by atoms with Crippen LogP contribution in [0.2, 0.25) is 0 Å². The molecule has 2 aromatic rings. The Morgan fingerprint density at radius 1 is 1.07 bits per heavy atom. The molecule has 216 valence electrons. The first-order valence-electron chi connectivity index (χ1n) is 13.9. The molecule has 5 rings (SSSR count). The number of likely N-dealkylation sites (tertiary alicyclic amines) is 1. The molecule has 2 amide bonds. The second-order valence-electron chi connectivity index (χ2n) is 12.1. The number of hydrogen-bond donors (Lipinski definition) is 1. The zero-order valence-corrected chi connectivity index (χ0v) is 22.9. The normalized spacial score (nSPS) is 26.0. The van der Waals surface area contributed by atoms with Crippen LogP contribution in [0.4, 0.5) is 13.2 Å². The van der Waals surface area contributed by atoms with Gasteiger partial charge in [0.25, 0.3) is 11.5 Å². The van der Waals surface area contributed by atoms with Gasteiger partial charge in [0.15, 0.2) is 0 Å². The Bertz CT molecular complexity index is 1330. The smallest absolute Gasteiger partial charge is 0.387 e. The van der Waals surface area contributed by atoms with Crippen LogP contribution in [0.25, 0.3) is 11.1 Å². The Balaban J connectivity index is 1.42. The van der Waals surface area contributed by atoms with Gasteiger partial charge in [0, 0.05) is 56.3 Å². The highest BCUT2D eigenvalue weighted by Crippen LogP contribution is 2.53. The lowest BCUT2D eigenvalue weighted by Crippen LogP contribution is -2.63. The molecule has 1 aromatic heterocycles. The van der Waals surface area contributed by atoms with Gasteiger partial charge in [-0.2, -0.15) is 13.2 Å². The molecule has 0 radical (unpaired) electrons. The molecule has 3 fully saturated rings. The van der Waals surface area contributed by atoms with E-state index in [4.69, 9.17) is 0 Å². The van der Waals surface area contributed by atoms with Crippen molar-refractivity contribution < 1.29 is 27.9 Å². The number of benzene rings is 1. The Morgan fingerprint density at radius 3 is 2.33 bits per heavy atom. The number of hydrogen-bond acceptors (Lipinski definition) is 4. The van der Waals surface area contributed by atoms with E-state index < -0.39 is 29.0 Å². The van der Waals surface area contributed by atoms with Crippen molar-refractivity contribution >= 4 is 11.8 Å². The Hall–Kier alpha value is -3.14. The summed E-state index contributed by atoms with van der Waals surface area (Å²) < 4.78 is 40.4. The second-order valence-corrected chi connectivity index (χ2v) is 12.1. The number of aliphatic hydroxyl groups is 1. The summed E-state index contributed by atoms with van der Waals surface area (Å²) in [5.41, 5.74) is -0.735. The molecule has 1 atom stereocenters. The molecule has 1 spiro atoms. The number of amides is 2. The molecule has 1 aliphatic heterocycles. The van der Waals surface area contributed by atoms with E-state index in [2.05, 4.69) is 0 Å². The van der Waals surface area contributed by atoms with Crippen molar-refractivity contribution in [3.63, 3.8) is 0 Å². The van der Waals surface area contributed by atoms with Crippen LogP contribution in [-0.4, -0.2) is 70.3 Å². The quantitative estimate of drug-likeness (QED) is 0.592. The lowest BCUT2D eigenvalue weighted by Gasteiger charge is -2.53. The Kier molecular flexibility index (Phi) is 7.35. The zero-order valence-electron chi connectivity index (χ0n) is 22.9. The SMILES string of the molecule is CN(C)C(=O)c1cn(CC2(O)CCN(C(=O)C3CC(C(F)(F)F)C3)CC23CCCC3)c(=O)cc1-c1ccccc1. The first kappa shape index (κ1) is 28.4. The number of aromatic nitrogens is 1. The fraction of sp³-hybridized carbons (Fsp3) is 0.567. The molecular formula is C30H36F3N3O4. The van der Waals surface area contributed by atoms with Gasteiger partial charge < -0.3 is 19.5 Å². The number of nitrogens with zero attached hydrogens (tertiary/aromatic N) is 3. The van der Waals surface area contributed by atoms with Crippen molar-refractivity contribution in [3.8, 4) is 11.1 Å². The average molecular weight is 560 g/mol. The number of alkyl halides is 3. The van der Waals surface area contributed by atoms with Gasteiger partial charge in [-0.15, -0.1) is 0 Å². The highest BCUT2D eigenvalue weighted by atomic mass is 19.4. The van der Waals surface area contributed by atoms with Crippen LogP contribution in [0.3, 0.4) is 0 Å². The average Bonchev–Trinajstić information content (AvgIpc) is 3.35.